The van der Waals surface area contributed by atoms with Crippen molar-refractivity contribution in [3.05, 3.63) is 65.7 Å². The van der Waals surface area contributed by atoms with Gasteiger partial charge in [-0.2, -0.15) is 0 Å². The molecule has 0 aliphatic heterocycles. The van der Waals surface area contributed by atoms with Crippen LogP contribution in [0.25, 0.3) is 0 Å². The van der Waals surface area contributed by atoms with Gasteiger partial charge >= 0.3 is 0 Å². The first-order valence-electron chi connectivity index (χ1n) is 7.56. The molecule has 0 bridgehead atoms. The minimum absolute atomic E-state index is 0.0761. The topological polar surface area (TPSA) is 26.3 Å². The summed E-state index contributed by atoms with van der Waals surface area (Å²) >= 11 is 0. The van der Waals surface area contributed by atoms with Gasteiger partial charge in [0.15, 0.2) is 5.78 Å². The Balaban J connectivity index is 1.83. The van der Waals surface area contributed by atoms with Gasteiger partial charge in [-0.1, -0.05) is 30.3 Å². The number of carbonyl (C=O) groups excluding carboxylic acids is 1. The van der Waals surface area contributed by atoms with Gasteiger partial charge in [-0.15, -0.1) is 0 Å². The predicted octanol–water partition coefficient (Wildman–Crippen LogP) is 3.54. The highest BCUT2D eigenvalue weighted by Crippen LogP contribution is 2.14. The number of hydrogen-bond donors (Lipinski definition) is 0. The van der Waals surface area contributed by atoms with E-state index < -0.39 is 0 Å². The molecule has 22 heavy (non-hydrogen) atoms. The van der Waals surface area contributed by atoms with E-state index in [9.17, 15) is 4.79 Å². The van der Waals surface area contributed by atoms with Crippen LogP contribution in [0.1, 0.15) is 22.8 Å². The molecule has 2 rings (SSSR count). The van der Waals surface area contributed by atoms with E-state index in [4.69, 9.17) is 4.74 Å². The summed E-state index contributed by atoms with van der Waals surface area (Å²) in [5.74, 6) is 0.886. The number of Topliss-reactive ketones (excluding diaryl/α,β-unsaturated/α-hetero) is 1. The van der Waals surface area contributed by atoms with Crippen molar-refractivity contribution >= 4 is 5.78 Å². The third-order valence-corrected chi connectivity index (χ3v) is 3.68. The van der Waals surface area contributed by atoms with E-state index in [1.165, 1.54) is 5.56 Å². The van der Waals surface area contributed by atoms with Crippen LogP contribution in [-0.2, 0) is 6.54 Å². The number of nitrogens with zero attached hydrogens (tertiary/aromatic N) is 1. The molecule has 0 aromatic heterocycles. The van der Waals surface area contributed by atoms with E-state index in [0.717, 1.165) is 23.3 Å². The van der Waals surface area contributed by atoms with Crippen molar-refractivity contribution in [3.63, 3.8) is 0 Å². The van der Waals surface area contributed by atoms with Gasteiger partial charge in [-0.05, 0) is 31.2 Å². The first-order valence-corrected chi connectivity index (χ1v) is 7.56. The molecule has 116 valence electrons. The maximum absolute atomic E-state index is 11.2. The molecule has 3 nitrogen and oxygen atoms in total. The minimum Gasteiger partial charge on any atom is -0.488 e. The number of ether oxygens (including phenoxy) is 1. The standard InChI is InChI=1S/C19H24NO2/c1-16(21)18-9-11-19(12-10-18)22-14-13-20(2,3)15-17-7-5-4-6-8-17/h4-12H,13-15H2,1-3H3/q+1. The van der Waals surface area contributed by atoms with Crippen molar-refractivity contribution in [1.29, 1.82) is 0 Å². The van der Waals surface area contributed by atoms with Gasteiger partial charge in [0.1, 0.15) is 25.4 Å². The molecule has 0 saturated carbocycles. The molecule has 3 heteroatoms. The smallest absolute Gasteiger partial charge is 0.159 e. The summed E-state index contributed by atoms with van der Waals surface area (Å²) in [7, 11) is 4.41. The van der Waals surface area contributed by atoms with Gasteiger partial charge in [0.05, 0.1) is 14.1 Å². The van der Waals surface area contributed by atoms with Gasteiger partial charge in [-0.3, -0.25) is 4.79 Å². The van der Waals surface area contributed by atoms with Crippen molar-refractivity contribution < 1.29 is 14.0 Å². The Hall–Kier alpha value is -2.13. The van der Waals surface area contributed by atoms with E-state index in [1.807, 2.05) is 30.3 Å². The van der Waals surface area contributed by atoms with Crippen LogP contribution in [0, 0.1) is 0 Å². The Labute approximate surface area is 132 Å². The number of hydrogen-bond acceptors (Lipinski definition) is 2. The number of rotatable bonds is 7. The molecule has 0 spiro atoms. The molecule has 0 fully saturated rings. The first-order chi connectivity index (χ1) is 10.5. The second-order valence-corrected chi connectivity index (χ2v) is 6.23. The third kappa shape index (κ3) is 5.01. The minimum atomic E-state index is 0.0761. The summed E-state index contributed by atoms with van der Waals surface area (Å²) in [6.45, 7) is 4.12. The lowest BCUT2D eigenvalue weighted by Crippen LogP contribution is -2.41. The van der Waals surface area contributed by atoms with Crippen molar-refractivity contribution in [2.24, 2.45) is 0 Å². The molecule has 0 radical (unpaired) electrons. The number of ketones is 1. The Morgan fingerprint density at radius 1 is 1.00 bits per heavy atom. The highest BCUT2D eigenvalue weighted by molar-refractivity contribution is 5.94. The SMILES string of the molecule is CC(=O)c1ccc(OCC[N+](C)(C)Cc2ccccc2)cc1. The molecule has 0 saturated heterocycles. The largest absolute Gasteiger partial charge is 0.488 e. The summed E-state index contributed by atoms with van der Waals surface area (Å²) < 4.78 is 6.66. The Morgan fingerprint density at radius 3 is 2.23 bits per heavy atom. The maximum Gasteiger partial charge on any atom is 0.159 e. The maximum atomic E-state index is 11.2. The molecule has 2 aromatic rings. The lowest BCUT2D eigenvalue weighted by atomic mass is 10.1. The fraction of sp³-hybridized carbons (Fsp3) is 0.316. The van der Waals surface area contributed by atoms with Gasteiger partial charge in [-0.25, -0.2) is 0 Å². The van der Waals surface area contributed by atoms with Gasteiger partial charge in [0.25, 0.3) is 0 Å². The molecule has 0 N–H and O–H groups in total. The second-order valence-electron chi connectivity index (χ2n) is 6.23. The highest BCUT2D eigenvalue weighted by atomic mass is 16.5. The number of quaternary nitrogens is 1. The number of likely N-dealkylation sites (N-methyl/N-ethyl adjacent to an activating group) is 1. The summed E-state index contributed by atoms with van der Waals surface area (Å²) in [6, 6.07) is 17.8. The van der Waals surface area contributed by atoms with Crippen LogP contribution in [0.5, 0.6) is 5.75 Å². The Morgan fingerprint density at radius 2 is 1.64 bits per heavy atom. The predicted molar refractivity (Wildman–Crippen MR) is 89.1 cm³/mol. The molecule has 0 aliphatic carbocycles. The van der Waals surface area contributed by atoms with Crippen LogP contribution < -0.4 is 4.74 Å². The van der Waals surface area contributed by atoms with E-state index >= 15 is 0 Å². The van der Waals surface area contributed by atoms with E-state index in [0.29, 0.717) is 12.2 Å². The molecule has 0 aliphatic rings. The lowest BCUT2D eigenvalue weighted by molar-refractivity contribution is -0.903. The fourth-order valence-electron chi connectivity index (χ4n) is 2.35. The molecule has 0 atom stereocenters. The van der Waals surface area contributed by atoms with Gasteiger partial charge in [0, 0.05) is 11.1 Å². The summed E-state index contributed by atoms with van der Waals surface area (Å²) in [4.78, 5) is 11.2. The zero-order valence-corrected chi connectivity index (χ0v) is 13.6. The Kier molecular flexibility index (Phi) is 5.34. The lowest BCUT2D eigenvalue weighted by Gasteiger charge is -2.29. The molecular formula is C19H24NO2+. The average molecular weight is 298 g/mol. The van der Waals surface area contributed by atoms with Crippen LogP contribution >= 0.6 is 0 Å². The van der Waals surface area contributed by atoms with Crippen LogP contribution in [0.3, 0.4) is 0 Å². The second kappa shape index (κ2) is 7.23. The summed E-state index contributed by atoms with van der Waals surface area (Å²) in [5, 5.41) is 0. The zero-order valence-electron chi connectivity index (χ0n) is 13.6. The zero-order chi connectivity index (χ0) is 16.0. The van der Waals surface area contributed by atoms with Crippen LogP contribution in [-0.4, -0.2) is 37.5 Å². The van der Waals surface area contributed by atoms with E-state index in [1.54, 1.807) is 6.92 Å². The highest BCUT2D eigenvalue weighted by Gasteiger charge is 2.15. The van der Waals surface area contributed by atoms with E-state index in [-0.39, 0.29) is 5.78 Å². The summed E-state index contributed by atoms with van der Waals surface area (Å²) in [5.41, 5.74) is 2.05. The molecule has 0 heterocycles. The number of carbonyl (C=O) groups is 1. The van der Waals surface area contributed by atoms with Crippen LogP contribution in [0.2, 0.25) is 0 Å². The summed E-state index contributed by atoms with van der Waals surface area (Å²) in [6.07, 6.45) is 0. The van der Waals surface area contributed by atoms with Crippen molar-refractivity contribution in [2.45, 2.75) is 13.5 Å². The fourth-order valence-corrected chi connectivity index (χ4v) is 2.35. The molecule has 2 aromatic carbocycles. The van der Waals surface area contributed by atoms with Crippen LogP contribution in [0.15, 0.2) is 54.6 Å². The molecule has 0 amide bonds. The first kappa shape index (κ1) is 16.2. The number of benzene rings is 2. The monoisotopic (exact) mass is 298 g/mol. The van der Waals surface area contributed by atoms with Crippen LogP contribution in [0.4, 0.5) is 0 Å². The van der Waals surface area contributed by atoms with Crippen molar-refractivity contribution in [3.8, 4) is 5.75 Å². The molecule has 0 unspecified atom stereocenters. The van der Waals surface area contributed by atoms with Gasteiger partial charge in [0.2, 0.25) is 0 Å². The van der Waals surface area contributed by atoms with Crippen molar-refractivity contribution in [2.75, 3.05) is 27.2 Å². The molecular weight excluding hydrogens is 274 g/mol. The van der Waals surface area contributed by atoms with E-state index in [2.05, 4.69) is 38.4 Å². The quantitative estimate of drug-likeness (QED) is 0.577. The average Bonchev–Trinajstić information content (AvgIpc) is 2.48. The van der Waals surface area contributed by atoms with Crippen molar-refractivity contribution in [1.82, 2.24) is 0 Å². The van der Waals surface area contributed by atoms with Gasteiger partial charge < -0.3 is 9.22 Å². The Bertz CT molecular complexity index is 603. The normalized spacial score (nSPS) is 11.2. The third-order valence-electron chi connectivity index (χ3n) is 3.68.